The SMILES string of the molecule is CSCC(C)N(C)S(=O)(=O)c1cccnc1C(N)=S. The number of nitrogens with two attached hydrogens (primary N) is 1. The van der Waals surface area contributed by atoms with Gasteiger partial charge in [-0.15, -0.1) is 0 Å². The summed E-state index contributed by atoms with van der Waals surface area (Å²) in [4.78, 5) is 3.99. The van der Waals surface area contributed by atoms with E-state index in [1.54, 1.807) is 24.9 Å². The Balaban J connectivity index is 3.24. The molecule has 5 nitrogen and oxygen atoms in total. The molecule has 0 aliphatic heterocycles. The Kier molecular flexibility index (Phi) is 5.72. The molecule has 0 fully saturated rings. The van der Waals surface area contributed by atoms with Gasteiger partial charge in [0.15, 0.2) is 0 Å². The number of hydrogen-bond donors (Lipinski definition) is 1. The molecule has 0 saturated carbocycles. The summed E-state index contributed by atoms with van der Waals surface area (Å²) in [6.45, 7) is 1.85. The fourth-order valence-electron chi connectivity index (χ4n) is 1.52. The van der Waals surface area contributed by atoms with Crippen LogP contribution in [0.25, 0.3) is 0 Å². The van der Waals surface area contributed by atoms with E-state index in [0.29, 0.717) is 5.75 Å². The second kappa shape index (κ2) is 6.65. The highest BCUT2D eigenvalue weighted by molar-refractivity contribution is 7.98. The molecule has 0 aromatic carbocycles. The summed E-state index contributed by atoms with van der Waals surface area (Å²) in [5.41, 5.74) is 5.67. The molecule has 0 bridgehead atoms. The lowest BCUT2D eigenvalue weighted by Gasteiger charge is -2.24. The van der Waals surface area contributed by atoms with Crippen molar-refractivity contribution in [1.29, 1.82) is 0 Å². The molecule has 19 heavy (non-hydrogen) atoms. The molecule has 1 atom stereocenters. The highest BCUT2D eigenvalue weighted by atomic mass is 32.2. The van der Waals surface area contributed by atoms with Crippen molar-refractivity contribution >= 4 is 39.0 Å². The van der Waals surface area contributed by atoms with E-state index in [4.69, 9.17) is 18.0 Å². The van der Waals surface area contributed by atoms with Crippen LogP contribution in [0.2, 0.25) is 0 Å². The third kappa shape index (κ3) is 3.65. The molecule has 1 aromatic heterocycles. The van der Waals surface area contributed by atoms with Crippen molar-refractivity contribution in [1.82, 2.24) is 9.29 Å². The number of hydrogen-bond acceptors (Lipinski definition) is 5. The Hall–Kier alpha value is -0.700. The van der Waals surface area contributed by atoms with Crippen molar-refractivity contribution < 1.29 is 8.42 Å². The predicted molar refractivity (Wildman–Crippen MR) is 82.9 cm³/mol. The molecule has 1 aromatic rings. The minimum Gasteiger partial charge on any atom is -0.388 e. The minimum atomic E-state index is -3.65. The molecular weight excluding hydrogens is 302 g/mol. The molecule has 2 N–H and O–H groups in total. The number of nitrogens with zero attached hydrogens (tertiary/aromatic N) is 2. The van der Waals surface area contributed by atoms with E-state index >= 15 is 0 Å². The first-order chi connectivity index (χ1) is 8.82. The van der Waals surface area contributed by atoms with Crippen LogP contribution < -0.4 is 5.73 Å². The van der Waals surface area contributed by atoms with Crippen LogP contribution in [0.5, 0.6) is 0 Å². The zero-order valence-corrected chi connectivity index (χ0v) is 13.5. The van der Waals surface area contributed by atoms with E-state index in [9.17, 15) is 8.42 Å². The van der Waals surface area contributed by atoms with Gasteiger partial charge in [0.25, 0.3) is 0 Å². The summed E-state index contributed by atoms with van der Waals surface area (Å²) in [5.74, 6) is 0.707. The largest absolute Gasteiger partial charge is 0.388 e. The van der Waals surface area contributed by atoms with Gasteiger partial charge >= 0.3 is 0 Å². The molecule has 0 radical (unpaired) electrons. The van der Waals surface area contributed by atoms with Crippen LogP contribution in [0.3, 0.4) is 0 Å². The summed E-state index contributed by atoms with van der Waals surface area (Å²) in [6.07, 6.45) is 3.40. The molecular formula is C11H17N3O2S3. The van der Waals surface area contributed by atoms with Crippen molar-refractivity contribution in [2.75, 3.05) is 19.1 Å². The van der Waals surface area contributed by atoms with Crippen LogP contribution >= 0.6 is 24.0 Å². The molecule has 8 heteroatoms. The van der Waals surface area contributed by atoms with Crippen LogP contribution in [0.15, 0.2) is 23.2 Å². The fourth-order valence-corrected chi connectivity index (χ4v) is 4.07. The van der Waals surface area contributed by atoms with Crippen LogP contribution in [-0.4, -0.2) is 47.8 Å². The maximum absolute atomic E-state index is 12.5. The van der Waals surface area contributed by atoms with Gasteiger partial charge in [-0.1, -0.05) is 12.2 Å². The number of thioether (sulfide) groups is 1. The second-order valence-corrected chi connectivity index (χ2v) is 7.36. The summed E-state index contributed by atoms with van der Waals surface area (Å²) in [5, 5.41) is 0. The predicted octanol–water partition coefficient (Wildman–Crippen LogP) is 1.09. The Morgan fingerprint density at radius 2 is 2.26 bits per heavy atom. The first kappa shape index (κ1) is 16.4. The number of thiocarbonyl (C=S) groups is 1. The maximum Gasteiger partial charge on any atom is 0.245 e. The Bertz CT molecular complexity index is 560. The standard InChI is InChI=1S/C11H17N3O2S3/c1-8(7-18-3)14(2)19(15,16)9-5-4-6-13-10(9)11(12)17/h4-6,8H,7H2,1-3H3,(H2,12,17). The third-order valence-electron chi connectivity index (χ3n) is 2.69. The monoisotopic (exact) mass is 319 g/mol. The zero-order valence-electron chi connectivity index (χ0n) is 11.0. The molecule has 1 unspecified atom stereocenters. The quantitative estimate of drug-likeness (QED) is 0.791. The molecule has 0 saturated heterocycles. The third-order valence-corrected chi connectivity index (χ3v) is 5.70. The summed E-state index contributed by atoms with van der Waals surface area (Å²) < 4.78 is 26.4. The van der Waals surface area contributed by atoms with E-state index in [1.165, 1.54) is 16.6 Å². The van der Waals surface area contributed by atoms with Crippen molar-refractivity contribution in [2.45, 2.75) is 17.9 Å². The van der Waals surface area contributed by atoms with Crippen molar-refractivity contribution in [3.8, 4) is 0 Å². The first-order valence-electron chi connectivity index (χ1n) is 5.54. The average Bonchev–Trinajstić information content (AvgIpc) is 2.38. The van der Waals surface area contributed by atoms with Gasteiger partial charge in [-0.05, 0) is 25.3 Å². The van der Waals surface area contributed by atoms with Crippen molar-refractivity contribution in [2.24, 2.45) is 5.73 Å². The smallest absolute Gasteiger partial charge is 0.245 e. The topological polar surface area (TPSA) is 76.3 Å². The van der Waals surface area contributed by atoms with Crippen LogP contribution in [-0.2, 0) is 10.0 Å². The maximum atomic E-state index is 12.5. The fraction of sp³-hybridized carbons (Fsp3) is 0.455. The Morgan fingerprint density at radius 1 is 1.63 bits per heavy atom. The number of aromatic nitrogens is 1. The lowest BCUT2D eigenvalue weighted by Crippen LogP contribution is -2.37. The number of rotatable bonds is 6. The van der Waals surface area contributed by atoms with Gasteiger partial charge in [-0.2, -0.15) is 16.1 Å². The zero-order chi connectivity index (χ0) is 14.6. The number of sulfonamides is 1. The lowest BCUT2D eigenvalue weighted by molar-refractivity contribution is 0.415. The summed E-state index contributed by atoms with van der Waals surface area (Å²) >= 11 is 6.44. The molecule has 106 valence electrons. The van der Waals surface area contributed by atoms with Gasteiger partial charge in [0.2, 0.25) is 10.0 Å². The second-order valence-electron chi connectivity index (χ2n) is 4.04. The molecule has 0 aliphatic carbocycles. The average molecular weight is 319 g/mol. The van der Waals surface area contributed by atoms with Crippen molar-refractivity contribution in [3.63, 3.8) is 0 Å². The van der Waals surface area contributed by atoms with Gasteiger partial charge in [0, 0.05) is 25.0 Å². The van der Waals surface area contributed by atoms with Crippen molar-refractivity contribution in [3.05, 3.63) is 24.0 Å². The first-order valence-corrected chi connectivity index (χ1v) is 8.78. The van der Waals surface area contributed by atoms with Gasteiger partial charge < -0.3 is 5.73 Å². The molecule has 0 amide bonds. The van der Waals surface area contributed by atoms with Gasteiger partial charge in [-0.25, -0.2) is 8.42 Å². The van der Waals surface area contributed by atoms with E-state index in [-0.39, 0.29) is 21.6 Å². The number of pyridine rings is 1. The lowest BCUT2D eigenvalue weighted by atomic mass is 10.3. The van der Waals surface area contributed by atoms with Gasteiger partial charge in [0.1, 0.15) is 15.6 Å². The normalized spacial score (nSPS) is 13.5. The molecule has 1 heterocycles. The summed E-state index contributed by atoms with van der Waals surface area (Å²) in [6, 6.07) is 2.90. The highest BCUT2D eigenvalue weighted by Crippen LogP contribution is 2.20. The van der Waals surface area contributed by atoms with E-state index in [1.807, 2.05) is 13.2 Å². The van der Waals surface area contributed by atoms with Crippen LogP contribution in [0.1, 0.15) is 12.6 Å². The molecule has 1 rings (SSSR count). The van der Waals surface area contributed by atoms with E-state index in [2.05, 4.69) is 4.98 Å². The molecule has 0 aliphatic rings. The summed E-state index contributed by atoms with van der Waals surface area (Å²) in [7, 11) is -2.10. The van der Waals surface area contributed by atoms with Gasteiger partial charge in [-0.3, -0.25) is 4.98 Å². The minimum absolute atomic E-state index is 0.0231. The Morgan fingerprint density at radius 3 is 2.79 bits per heavy atom. The van der Waals surface area contributed by atoms with Gasteiger partial charge in [0.05, 0.1) is 0 Å². The van der Waals surface area contributed by atoms with Crippen LogP contribution in [0.4, 0.5) is 0 Å². The Labute approximate surface area is 123 Å². The van der Waals surface area contributed by atoms with E-state index in [0.717, 1.165) is 0 Å². The molecule has 0 spiro atoms. The highest BCUT2D eigenvalue weighted by Gasteiger charge is 2.28. The van der Waals surface area contributed by atoms with Crippen LogP contribution in [0, 0.1) is 0 Å². The van der Waals surface area contributed by atoms with E-state index < -0.39 is 10.0 Å².